The van der Waals surface area contributed by atoms with E-state index in [1.165, 1.54) is 21.5 Å². The van der Waals surface area contributed by atoms with Gasteiger partial charge in [-0.1, -0.05) is 13.8 Å². The van der Waals surface area contributed by atoms with Crippen LogP contribution in [0.1, 0.15) is 31.6 Å². The first kappa shape index (κ1) is 12.2. The van der Waals surface area contributed by atoms with E-state index < -0.39 is 0 Å². The fourth-order valence-corrected chi connectivity index (χ4v) is 2.62. The molecule has 0 radical (unpaired) electrons. The molecule has 0 saturated heterocycles. The first-order chi connectivity index (χ1) is 6.68. The Labute approximate surface area is 98.6 Å². The highest BCUT2D eigenvalue weighted by Gasteiger charge is 1.98. The normalized spacial score (nSPS) is 11.1. The minimum Gasteiger partial charge on any atom is -0.376 e. The molecule has 0 aliphatic rings. The summed E-state index contributed by atoms with van der Waals surface area (Å²) in [5, 5.41) is 0. The second-order valence-corrected chi connectivity index (χ2v) is 6.34. The Morgan fingerprint density at radius 2 is 2.21 bits per heavy atom. The summed E-state index contributed by atoms with van der Waals surface area (Å²) in [6.45, 7) is 6.13. The quantitative estimate of drug-likeness (QED) is 0.697. The van der Waals surface area contributed by atoms with E-state index in [0.29, 0.717) is 0 Å². The molecule has 0 aliphatic carbocycles. The second kappa shape index (κ2) is 6.59. The summed E-state index contributed by atoms with van der Waals surface area (Å²) >= 11 is 5.18. The highest BCUT2D eigenvalue weighted by molar-refractivity contribution is 9.11. The molecule has 14 heavy (non-hydrogen) atoms. The fraction of sp³-hybridized carbons (Fsp3) is 0.636. The average Bonchev–Trinajstić information content (AvgIpc) is 2.50. The van der Waals surface area contributed by atoms with Crippen molar-refractivity contribution in [2.75, 3.05) is 6.61 Å². The highest BCUT2D eigenvalue weighted by Crippen LogP contribution is 2.22. The number of hydrogen-bond donors (Lipinski definition) is 0. The number of rotatable bonds is 6. The number of ether oxygens (including phenoxy) is 1. The minimum atomic E-state index is 0.758. The van der Waals surface area contributed by atoms with Crippen molar-refractivity contribution in [2.24, 2.45) is 5.92 Å². The molecule has 1 aromatic heterocycles. The number of hydrogen-bond acceptors (Lipinski definition) is 2. The van der Waals surface area contributed by atoms with Crippen LogP contribution in [0.2, 0.25) is 0 Å². The molecule has 80 valence electrons. The van der Waals surface area contributed by atoms with Gasteiger partial charge in [0.1, 0.15) is 0 Å². The molecule has 0 amide bonds. The maximum atomic E-state index is 5.57. The molecule has 1 aromatic rings. The third kappa shape index (κ3) is 5.13. The van der Waals surface area contributed by atoms with E-state index in [0.717, 1.165) is 19.1 Å². The van der Waals surface area contributed by atoms with E-state index in [-0.39, 0.29) is 0 Å². The first-order valence-corrected chi connectivity index (χ1v) is 6.61. The van der Waals surface area contributed by atoms with Crippen molar-refractivity contribution in [2.45, 2.75) is 33.3 Å². The van der Waals surface area contributed by atoms with Crippen LogP contribution >= 0.6 is 27.3 Å². The molecular formula is C11H17BrOS. The molecular weight excluding hydrogens is 260 g/mol. The van der Waals surface area contributed by atoms with Crippen molar-refractivity contribution in [3.8, 4) is 0 Å². The van der Waals surface area contributed by atoms with Gasteiger partial charge >= 0.3 is 0 Å². The predicted octanol–water partition coefficient (Wildman–Crippen LogP) is 4.46. The molecule has 0 unspecified atom stereocenters. The molecule has 0 spiro atoms. The maximum Gasteiger partial charge on any atom is 0.0809 e. The third-order valence-electron chi connectivity index (χ3n) is 1.94. The van der Waals surface area contributed by atoms with Gasteiger partial charge in [0.2, 0.25) is 0 Å². The lowest BCUT2D eigenvalue weighted by Crippen LogP contribution is -1.96. The summed E-state index contributed by atoms with van der Waals surface area (Å²) in [6, 6.07) is 4.18. The molecule has 3 heteroatoms. The van der Waals surface area contributed by atoms with Gasteiger partial charge in [0.25, 0.3) is 0 Å². The van der Waals surface area contributed by atoms with Crippen LogP contribution in [-0.2, 0) is 11.3 Å². The Balaban J connectivity index is 2.04. The molecule has 0 saturated carbocycles. The topological polar surface area (TPSA) is 9.23 Å². The third-order valence-corrected chi connectivity index (χ3v) is 3.54. The van der Waals surface area contributed by atoms with E-state index in [2.05, 4.69) is 41.9 Å². The van der Waals surface area contributed by atoms with Crippen LogP contribution in [-0.4, -0.2) is 6.61 Å². The van der Waals surface area contributed by atoms with Crippen LogP contribution in [0.4, 0.5) is 0 Å². The summed E-state index contributed by atoms with van der Waals surface area (Å²) in [4.78, 5) is 1.29. The van der Waals surface area contributed by atoms with Gasteiger partial charge < -0.3 is 4.74 Å². The van der Waals surface area contributed by atoms with E-state index in [9.17, 15) is 0 Å². The molecule has 0 aliphatic heterocycles. The van der Waals surface area contributed by atoms with Gasteiger partial charge in [-0.3, -0.25) is 0 Å². The number of halogens is 1. The Morgan fingerprint density at radius 1 is 1.43 bits per heavy atom. The van der Waals surface area contributed by atoms with Crippen molar-refractivity contribution in [3.63, 3.8) is 0 Å². The lowest BCUT2D eigenvalue weighted by molar-refractivity contribution is 0.117. The second-order valence-electron chi connectivity index (χ2n) is 3.79. The van der Waals surface area contributed by atoms with Crippen LogP contribution in [0.25, 0.3) is 0 Å². The first-order valence-electron chi connectivity index (χ1n) is 5.00. The van der Waals surface area contributed by atoms with E-state index in [4.69, 9.17) is 4.74 Å². The van der Waals surface area contributed by atoms with Crippen LogP contribution in [0.3, 0.4) is 0 Å². The lowest BCUT2D eigenvalue weighted by atomic mass is 10.1. The van der Waals surface area contributed by atoms with Crippen molar-refractivity contribution >= 4 is 27.3 Å². The van der Waals surface area contributed by atoms with Crippen molar-refractivity contribution < 1.29 is 4.74 Å². The predicted molar refractivity (Wildman–Crippen MR) is 65.7 cm³/mol. The SMILES string of the molecule is CC(C)CCCOCc1ccc(Br)s1. The smallest absolute Gasteiger partial charge is 0.0809 e. The van der Waals surface area contributed by atoms with Crippen molar-refractivity contribution in [1.82, 2.24) is 0 Å². The molecule has 0 bridgehead atoms. The standard InChI is InChI=1S/C11H17BrOS/c1-9(2)4-3-7-13-8-10-5-6-11(12)14-10/h5-6,9H,3-4,7-8H2,1-2H3. The van der Waals surface area contributed by atoms with E-state index >= 15 is 0 Å². The summed E-state index contributed by atoms with van der Waals surface area (Å²) in [5.74, 6) is 0.787. The molecule has 1 heterocycles. The lowest BCUT2D eigenvalue weighted by Gasteiger charge is -2.04. The average molecular weight is 277 g/mol. The zero-order valence-corrected chi connectivity index (χ0v) is 11.2. The van der Waals surface area contributed by atoms with Crippen LogP contribution in [0, 0.1) is 5.92 Å². The Morgan fingerprint density at radius 3 is 2.79 bits per heavy atom. The zero-order valence-electron chi connectivity index (χ0n) is 8.75. The molecule has 1 nitrogen and oxygen atoms in total. The molecule has 0 fully saturated rings. The molecule has 0 N–H and O–H groups in total. The highest BCUT2D eigenvalue weighted by atomic mass is 79.9. The van der Waals surface area contributed by atoms with Gasteiger partial charge in [-0.25, -0.2) is 0 Å². The van der Waals surface area contributed by atoms with E-state index in [1.54, 1.807) is 11.3 Å². The van der Waals surface area contributed by atoms with Crippen molar-refractivity contribution in [3.05, 3.63) is 20.8 Å². The van der Waals surface area contributed by atoms with Crippen LogP contribution < -0.4 is 0 Å². The largest absolute Gasteiger partial charge is 0.376 e. The Kier molecular flexibility index (Phi) is 5.75. The zero-order chi connectivity index (χ0) is 10.4. The van der Waals surface area contributed by atoms with Gasteiger partial charge in [-0.15, -0.1) is 11.3 Å². The monoisotopic (exact) mass is 276 g/mol. The molecule has 0 aromatic carbocycles. The Bertz CT molecular complexity index is 258. The van der Waals surface area contributed by atoms with Crippen LogP contribution in [0.5, 0.6) is 0 Å². The minimum absolute atomic E-state index is 0.758. The maximum absolute atomic E-state index is 5.57. The number of thiophene rings is 1. The Hall–Kier alpha value is 0.140. The molecule has 1 rings (SSSR count). The summed E-state index contributed by atoms with van der Waals surface area (Å²) in [6.07, 6.45) is 2.43. The van der Waals surface area contributed by atoms with Gasteiger partial charge in [0, 0.05) is 11.5 Å². The molecule has 0 atom stereocenters. The fourth-order valence-electron chi connectivity index (χ4n) is 1.20. The van der Waals surface area contributed by atoms with E-state index in [1.807, 2.05) is 0 Å². The van der Waals surface area contributed by atoms with Crippen LogP contribution in [0.15, 0.2) is 15.9 Å². The summed E-state index contributed by atoms with van der Waals surface area (Å²) < 4.78 is 6.75. The van der Waals surface area contributed by atoms with Crippen molar-refractivity contribution in [1.29, 1.82) is 0 Å². The van der Waals surface area contributed by atoms with Gasteiger partial charge in [-0.2, -0.15) is 0 Å². The summed E-state index contributed by atoms with van der Waals surface area (Å²) in [5.41, 5.74) is 0. The van der Waals surface area contributed by atoms with Gasteiger partial charge in [-0.05, 0) is 46.8 Å². The summed E-state index contributed by atoms with van der Waals surface area (Å²) in [7, 11) is 0. The van der Waals surface area contributed by atoms with Gasteiger partial charge in [0.05, 0.1) is 10.4 Å². The van der Waals surface area contributed by atoms with Gasteiger partial charge in [0.15, 0.2) is 0 Å².